The lowest BCUT2D eigenvalue weighted by Gasteiger charge is -2.03. The monoisotopic (exact) mass is 283 g/mol. The molecule has 0 bridgehead atoms. The molecule has 0 saturated heterocycles. The molecule has 0 aromatic carbocycles. The predicted octanol–water partition coefficient (Wildman–Crippen LogP) is 6.47. The van der Waals surface area contributed by atoms with E-state index in [9.17, 15) is 0 Å². The second kappa shape index (κ2) is 19.0. The molecule has 0 unspecified atom stereocenters. The van der Waals surface area contributed by atoms with E-state index in [1.54, 1.807) is 0 Å². The Hall–Kier alpha value is -0.0400. The number of nitrogens with one attached hydrogen (secondary N) is 1. The third-order valence-corrected chi connectivity index (χ3v) is 4.21. The van der Waals surface area contributed by atoms with Gasteiger partial charge in [0.05, 0.1) is 0 Å². The number of hydrogen-bond donors (Lipinski definition) is 1. The van der Waals surface area contributed by atoms with Gasteiger partial charge in [-0.25, -0.2) is 0 Å². The smallest absolute Gasteiger partial charge is 0.00490 e. The normalized spacial score (nSPS) is 11.1. The van der Waals surface area contributed by atoms with Crippen molar-refractivity contribution in [1.29, 1.82) is 0 Å². The summed E-state index contributed by atoms with van der Waals surface area (Å²) in [4.78, 5) is 0. The van der Waals surface area contributed by atoms with E-state index in [2.05, 4.69) is 19.2 Å². The van der Waals surface area contributed by atoms with Gasteiger partial charge < -0.3 is 5.32 Å². The molecule has 0 aromatic heterocycles. The van der Waals surface area contributed by atoms with Crippen LogP contribution in [0.4, 0.5) is 0 Å². The standard InChI is InChI=1S/C19H41N/c1-3-5-6-7-8-9-10-11-12-13-14-15-16-17-18-19-20-4-2/h20H,3-19H2,1-2H3. The van der Waals surface area contributed by atoms with E-state index in [0.29, 0.717) is 0 Å². The van der Waals surface area contributed by atoms with E-state index in [1.165, 1.54) is 103 Å². The first-order valence-electron chi connectivity index (χ1n) is 9.62. The molecule has 0 rings (SSSR count). The minimum atomic E-state index is 1.12. The Morgan fingerprint density at radius 3 is 1.15 bits per heavy atom. The average molecular weight is 284 g/mol. The third kappa shape index (κ3) is 18.0. The van der Waals surface area contributed by atoms with Gasteiger partial charge in [-0.3, -0.25) is 0 Å². The molecule has 0 aliphatic carbocycles. The van der Waals surface area contributed by atoms with Crippen LogP contribution in [-0.2, 0) is 0 Å². The Labute approximate surface area is 129 Å². The summed E-state index contributed by atoms with van der Waals surface area (Å²) in [5.41, 5.74) is 0. The highest BCUT2D eigenvalue weighted by atomic mass is 14.8. The zero-order valence-electron chi connectivity index (χ0n) is 14.5. The van der Waals surface area contributed by atoms with Crippen LogP contribution in [0.5, 0.6) is 0 Å². The minimum Gasteiger partial charge on any atom is -0.317 e. The molecule has 0 radical (unpaired) electrons. The maximum absolute atomic E-state index is 3.39. The van der Waals surface area contributed by atoms with E-state index in [-0.39, 0.29) is 0 Å². The summed E-state index contributed by atoms with van der Waals surface area (Å²) in [5, 5.41) is 3.39. The molecule has 1 heteroatoms. The summed E-state index contributed by atoms with van der Waals surface area (Å²) >= 11 is 0. The average Bonchev–Trinajstić information content (AvgIpc) is 2.47. The van der Waals surface area contributed by atoms with Crippen molar-refractivity contribution in [2.75, 3.05) is 13.1 Å². The van der Waals surface area contributed by atoms with Gasteiger partial charge in [-0.05, 0) is 19.5 Å². The Morgan fingerprint density at radius 1 is 0.450 bits per heavy atom. The highest BCUT2D eigenvalue weighted by molar-refractivity contribution is 4.50. The van der Waals surface area contributed by atoms with E-state index in [1.807, 2.05) is 0 Å². The Kier molecular flexibility index (Phi) is 18.9. The zero-order chi connectivity index (χ0) is 14.7. The van der Waals surface area contributed by atoms with Gasteiger partial charge in [0.2, 0.25) is 0 Å². The van der Waals surface area contributed by atoms with E-state index < -0.39 is 0 Å². The molecule has 0 aromatic rings. The van der Waals surface area contributed by atoms with Crippen LogP contribution in [0.25, 0.3) is 0 Å². The molecule has 122 valence electrons. The summed E-state index contributed by atoms with van der Waals surface area (Å²) in [6.07, 6.45) is 21.8. The van der Waals surface area contributed by atoms with Crippen LogP contribution in [0.1, 0.15) is 110 Å². The topological polar surface area (TPSA) is 12.0 Å². The van der Waals surface area contributed by atoms with Gasteiger partial charge in [0.25, 0.3) is 0 Å². The number of rotatable bonds is 17. The van der Waals surface area contributed by atoms with Crippen molar-refractivity contribution >= 4 is 0 Å². The van der Waals surface area contributed by atoms with Crippen molar-refractivity contribution in [2.45, 2.75) is 110 Å². The molecule has 20 heavy (non-hydrogen) atoms. The van der Waals surface area contributed by atoms with Gasteiger partial charge in [-0.15, -0.1) is 0 Å². The first kappa shape index (κ1) is 20.0. The summed E-state index contributed by atoms with van der Waals surface area (Å²) in [5.74, 6) is 0. The van der Waals surface area contributed by atoms with Crippen molar-refractivity contribution in [3.05, 3.63) is 0 Å². The first-order chi connectivity index (χ1) is 9.91. The molecule has 1 N–H and O–H groups in total. The molecular formula is C19H41N. The van der Waals surface area contributed by atoms with E-state index in [0.717, 1.165) is 6.54 Å². The number of hydrogen-bond acceptors (Lipinski definition) is 1. The highest BCUT2D eigenvalue weighted by Crippen LogP contribution is 2.13. The molecule has 0 aliphatic rings. The molecule has 0 spiro atoms. The Bertz CT molecular complexity index is 138. The van der Waals surface area contributed by atoms with Crippen molar-refractivity contribution in [3.8, 4) is 0 Å². The maximum atomic E-state index is 3.39. The summed E-state index contributed by atoms with van der Waals surface area (Å²) in [6.45, 7) is 6.82. The second-order valence-electron chi connectivity index (χ2n) is 6.30. The van der Waals surface area contributed by atoms with E-state index in [4.69, 9.17) is 0 Å². The van der Waals surface area contributed by atoms with Crippen LogP contribution in [0.15, 0.2) is 0 Å². The fourth-order valence-corrected chi connectivity index (χ4v) is 2.80. The van der Waals surface area contributed by atoms with Crippen molar-refractivity contribution in [1.82, 2.24) is 5.32 Å². The zero-order valence-corrected chi connectivity index (χ0v) is 14.5. The van der Waals surface area contributed by atoms with E-state index >= 15 is 0 Å². The quantitative estimate of drug-likeness (QED) is 0.302. The van der Waals surface area contributed by atoms with Crippen LogP contribution < -0.4 is 5.32 Å². The largest absolute Gasteiger partial charge is 0.317 e. The molecule has 0 fully saturated rings. The van der Waals surface area contributed by atoms with Crippen LogP contribution >= 0.6 is 0 Å². The fourth-order valence-electron chi connectivity index (χ4n) is 2.80. The lowest BCUT2D eigenvalue weighted by molar-refractivity contribution is 0.528. The van der Waals surface area contributed by atoms with Gasteiger partial charge in [-0.1, -0.05) is 104 Å². The Morgan fingerprint density at radius 2 is 0.800 bits per heavy atom. The lowest BCUT2D eigenvalue weighted by Crippen LogP contribution is -2.13. The van der Waals surface area contributed by atoms with Crippen molar-refractivity contribution in [2.24, 2.45) is 0 Å². The SMILES string of the molecule is CCCCCCCCCCCCCCCCCNCC. The van der Waals surface area contributed by atoms with Gasteiger partial charge in [0, 0.05) is 0 Å². The molecule has 0 atom stereocenters. The molecule has 1 nitrogen and oxygen atoms in total. The van der Waals surface area contributed by atoms with Crippen molar-refractivity contribution in [3.63, 3.8) is 0 Å². The highest BCUT2D eigenvalue weighted by Gasteiger charge is 1.94. The predicted molar refractivity (Wildman–Crippen MR) is 93.5 cm³/mol. The third-order valence-electron chi connectivity index (χ3n) is 4.21. The molecule has 0 aliphatic heterocycles. The first-order valence-corrected chi connectivity index (χ1v) is 9.62. The number of unbranched alkanes of at least 4 members (excludes halogenated alkanes) is 14. The summed E-state index contributed by atoms with van der Waals surface area (Å²) < 4.78 is 0. The second-order valence-corrected chi connectivity index (χ2v) is 6.30. The summed E-state index contributed by atoms with van der Waals surface area (Å²) in [6, 6.07) is 0. The van der Waals surface area contributed by atoms with Crippen molar-refractivity contribution < 1.29 is 0 Å². The molecular weight excluding hydrogens is 242 g/mol. The summed E-state index contributed by atoms with van der Waals surface area (Å²) in [7, 11) is 0. The van der Waals surface area contributed by atoms with Crippen LogP contribution in [-0.4, -0.2) is 13.1 Å². The fraction of sp³-hybridized carbons (Fsp3) is 1.00. The van der Waals surface area contributed by atoms with Crippen LogP contribution in [0.2, 0.25) is 0 Å². The van der Waals surface area contributed by atoms with Gasteiger partial charge in [0.1, 0.15) is 0 Å². The van der Waals surface area contributed by atoms with Gasteiger partial charge in [-0.2, -0.15) is 0 Å². The van der Waals surface area contributed by atoms with Gasteiger partial charge >= 0.3 is 0 Å². The van der Waals surface area contributed by atoms with Crippen LogP contribution in [0, 0.1) is 0 Å². The molecule has 0 amide bonds. The Balaban J connectivity index is 2.89. The lowest BCUT2D eigenvalue weighted by atomic mass is 10.0. The molecule has 0 heterocycles. The minimum absolute atomic E-state index is 1.12. The molecule has 0 saturated carbocycles. The van der Waals surface area contributed by atoms with Crippen LogP contribution in [0.3, 0.4) is 0 Å². The van der Waals surface area contributed by atoms with Gasteiger partial charge in [0.15, 0.2) is 0 Å². The maximum Gasteiger partial charge on any atom is -0.00490 e.